The van der Waals surface area contributed by atoms with Crippen molar-refractivity contribution in [2.75, 3.05) is 40.6 Å². The second-order valence-corrected chi connectivity index (χ2v) is 15.4. The minimum atomic E-state index is -0.970. The van der Waals surface area contributed by atoms with Crippen molar-refractivity contribution in [3.8, 4) is 28.7 Å². The first-order valence-corrected chi connectivity index (χ1v) is 18.9. The Kier molecular flexibility index (Phi) is 11.8. The van der Waals surface area contributed by atoms with Crippen molar-refractivity contribution < 1.29 is 57.3 Å². The molecule has 2 aromatic carbocycles. The number of ether oxygens (including phenoxy) is 6. The Morgan fingerprint density at radius 2 is 1.75 bits per heavy atom. The Morgan fingerprint density at radius 1 is 1.04 bits per heavy atom. The molecule has 0 aliphatic carbocycles. The lowest BCUT2D eigenvalue weighted by molar-refractivity contribution is -0.206. The molecule has 4 heterocycles. The summed E-state index contributed by atoms with van der Waals surface area (Å²) >= 11 is 0. The Morgan fingerprint density at radius 3 is 2.43 bits per heavy atom. The van der Waals surface area contributed by atoms with Crippen LogP contribution in [-0.4, -0.2) is 92.9 Å². The number of carbonyl (C=O) groups excluding carboxylic acids is 4. The molecule has 15 heteroatoms. The second-order valence-electron chi connectivity index (χ2n) is 15.4. The fraction of sp³-hybridized carbons (Fsp3) is 0.537. The standard InChI is InChI=1S/C41H51N3O12/c1-9-41(6,39(48)56-44-34(46)12-13-35(44)47)15-17-53-40(4,5)14-16-42-33(45)22-52-38-24(10-11-27-26(38)19-28(54-27)23(2)3)37-36-25-18-30(49-7)31(50-8)20-29(25)51-21-32(36)55-43-37/h10-11,18,20,28,32,36H,2,9,12-17,19,21-22H2,1,3-8H3,(H,42,45)/t28-,32?,36?,41?/m1/s1. The van der Waals surface area contributed by atoms with E-state index in [1.807, 2.05) is 45.9 Å². The lowest BCUT2D eigenvalue weighted by Gasteiger charge is -2.30. The van der Waals surface area contributed by atoms with Crippen molar-refractivity contribution in [3.63, 3.8) is 0 Å². The number of nitrogens with one attached hydrogen (secondary N) is 1. The fourth-order valence-electron chi connectivity index (χ4n) is 7.05. The molecule has 0 saturated carbocycles. The van der Waals surface area contributed by atoms with Crippen LogP contribution in [0.1, 0.15) is 89.3 Å². The van der Waals surface area contributed by atoms with Crippen LogP contribution in [0.4, 0.5) is 0 Å². The Bertz CT molecular complexity index is 1910. The van der Waals surface area contributed by atoms with Crippen molar-refractivity contribution in [2.45, 2.75) is 96.9 Å². The maximum atomic E-state index is 13.3. The van der Waals surface area contributed by atoms with Crippen LogP contribution in [0.3, 0.4) is 0 Å². The number of hydroxylamine groups is 2. The van der Waals surface area contributed by atoms with Crippen LogP contribution in [0.5, 0.6) is 28.7 Å². The van der Waals surface area contributed by atoms with Gasteiger partial charge in [-0.1, -0.05) is 18.7 Å². The first kappa shape index (κ1) is 40.4. The van der Waals surface area contributed by atoms with Crippen molar-refractivity contribution in [2.24, 2.45) is 10.6 Å². The van der Waals surface area contributed by atoms with E-state index in [0.717, 1.165) is 16.7 Å². The van der Waals surface area contributed by atoms with Gasteiger partial charge in [0.15, 0.2) is 24.2 Å². The number of amides is 3. The van der Waals surface area contributed by atoms with Crippen LogP contribution in [0.15, 0.2) is 41.6 Å². The van der Waals surface area contributed by atoms with Crippen molar-refractivity contribution in [1.29, 1.82) is 0 Å². The van der Waals surface area contributed by atoms with E-state index < -0.39 is 28.8 Å². The molecule has 3 amide bonds. The summed E-state index contributed by atoms with van der Waals surface area (Å²) < 4.78 is 35.8. The van der Waals surface area contributed by atoms with Gasteiger partial charge in [-0.2, -0.15) is 0 Å². The van der Waals surface area contributed by atoms with Crippen molar-refractivity contribution >= 4 is 29.4 Å². The number of hydrogen-bond donors (Lipinski definition) is 1. The molecule has 4 atom stereocenters. The van der Waals surface area contributed by atoms with Gasteiger partial charge in [0.25, 0.3) is 17.7 Å². The predicted octanol–water partition coefficient (Wildman–Crippen LogP) is 4.96. The summed E-state index contributed by atoms with van der Waals surface area (Å²) in [4.78, 5) is 61.2. The Labute approximate surface area is 326 Å². The largest absolute Gasteiger partial charge is 0.493 e. The van der Waals surface area contributed by atoms with Crippen LogP contribution >= 0.6 is 0 Å². The molecule has 1 N–H and O–H groups in total. The highest BCUT2D eigenvalue weighted by Gasteiger charge is 2.45. The van der Waals surface area contributed by atoms with Crippen LogP contribution in [0.25, 0.3) is 0 Å². The summed E-state index contributed by atoms with van der Waals surface area (Å²) in [6.45, 7) is 13.9. The molecular formula is C41H51N3O12. The van der Waals surface area contributed by atoms with Crippen molar-refractivity contribution in [1.82, 2.24) is 10.4 Å². The third-order valence-corrected chi connectivity index (χ3v) is 10.9. The average molecular weight is 778 g/mol. The lowest BCUT2D eigenvalue weighted by atomic mass is 9.83. The third-order valence-electron chi connectivity index (χ3n) is 10.9. The van der Waals surface area contributed by atoms with Gasteiger partial charge in [-0.3, -0.25) is 14.4 Å². The number of methoxy groups -OCH3 is 2. The van der Waals surface area contributed by atoms with Gasteiger partial charge in [0.2, 0.25) is 0 Å². The maximum Gasteiger partial charge on any atom is 0.339 e. The van der Waals surface area contributed by atoms with Crippen LogP contribution in [0, 0.1) is 5.41 Å². The molecule has 4 aliphatic heterocycles. The van der Waals surface area contributed by atoms with Gasteiger partial charge in [-0.15, -0.1) is 5.06 Å². The molecule has 4 aliphatic rings. The highest BCUT2D eigenvalue weighted by atomic mass is 16.7. The minimum absolute atomic E-state index is 0.0274. The van der Waals surface area contributed by atoms with Crippen LogP contribution < -0.4 is 29.0 Å². The molecule has 2 aromatic rings. The molecule has 56 heavy (non-hydrogen) atoms. The van der Waals surface area contributed by atoms with E-state index in [-0.39, 0.29) is 56.7 Å². The zero-order chi connectivity index (χ0) is 40.4. The monoisotopic (exact) mass is 777 g/mol. The van der Waals surface area contributed by atoms with E-state index in [2.05, 4.69) is 17.1 Å². The van der Waals surface area contributed by atoms with Gasteiger partial charge in [-0.25, -0.2) is 4.79 Å². The second kappa shape index (κ2) is 16.4. The van der Waals surface area contributed by atoms with E-state index in [0.29, 0.717) is 77.3 Å². The fourth-order valence-corrected chi connectivity index (χ4v) is 7.05. The highest BCUT2D eigenvalue weighted by Crippen LogP contribution is 2.48. The summed E-state index contributed by atoms with van der Waals surface area (Å²) in [5.74, 6) is 0.515. The summed E-state index contributed by atoms with van der Waals surface area (Å²) in [6.07, 6.45) is 1.13. The van der Waals surface area contributed by atoms with Gasteiger partial charge < -0.3 is 43.4 Å². The number of rotatable bonds is 17. The minimum Gasteiger partial charge on any atom is -0.493 e. The predicted molar refractivity (Wildman–Crippen MR) is 202 cm³/mol. The first-order valence-electron chi connectivity index (χ1n) is 18.9. The molecule has 6 rings (SSSR count). The van der Waals surface area contributed by atoms with Crippen LogP contribution in [0.2, 0.25) is 0 Å². The Balaban J connectivity index is 1.09. The summed E-state index contributed by atoms with van der Waals surface area (Å²) in [7, 11) is 3.14. The SMILES string of the molecule is C=C(C)[C@H]1Cc2c(ccc(C3=NOC4COc5cc(OC)c(OC)cc5C34)c2OCC(=O)NCCC(C)(C)OCCC(C)(CC)C(=O)ON2C(=O)CCC2=O)O1. The molecule has 0 spiro atoms. The summed E-state index contributed by atoms with van der Waals surface area (Å²) in [6, 6.07) is 7.43. The lowest BCUT2D eigenvalue weighted by Crippen LogP contribution is -2.40. The average Bonchev–Trinajstić information content (AvgIpc) is 3.90. The number of carbonyl (C=O) groups is 4. The van der Waals surface area contributed by atoms with Gasteiger partial charge in [0, 0.05) is 55.2 Å². The topological polar surface area (TPSA) is 170 Å². The number of benzene rings is 2. The quantitative estimate of drug-likeness (QED) is 0.170. The van der Waals surface area contributed by atoms with E-state index in [4.69, 9.17) is 38.1 Å². The van der Waals surface area contributed by atoms with Crippen LogP contribution in [-0.2, 0) is 40.0 Å². The van der Waals surface area contributed by atoms with E-state index in [1.54, 1.807) is 27.2 Å². The van der Waals surface area contributed by atoms with Crippen molar-refractivity contribution in [3.05, 3.63) is 53.1 Å². The first-order chi connectivity index (χ1) is 26.7. The number of oxime groups is 1. The number of imide groups is 1. The molecule has 0 bridgehead atoms. The van der Waals surface area contributed by atoms with Gasteiger partial charge in [0.05, 0.1) is 31.2 Å². The smallest absolute Gasteiger partial charge is 0.339 e. The number of hydrogen-bond acceptors (Lipinski definition) is 13. The molecule has 1 fully saturated rings. The molecule has 15 nitrogen and oxygen atoms in total. The maximum absolute atomic E-state index is 13.3. The highest BCUT2D eigenvalue weighted by molar-refractivity contribution is 6.09. The third kappa shape index (κ3) is 8.27. The molecular weight excluding hydrogens is 726 g/mol. The Hall–Kier alpha value is -5.31. The molecule has 1 saturated heterocycles. The van der Waals surface area contributed by atoms with Gasteiger partial charge >= 0.3 is 5.97 Å². The zero-order valence-electron chi connectivity index (χ0n) is 33.1. The zero-order valence-corrected chi connectivity index (χ0v) is 33.1. The summed E-state index contributed by atoms with van der Waals surface area (Å²) in [5.41, 5.74) is 2.19. The molecule has 302 valence electrons. The van der Waals surface area contributed by atoms with E-state index in [9.17, 15) is 19.2 Å². The van der Waals surface area contributed by atoms with Gasteiger partial charge in [-0.05, 0) is 70.7 Å². The normalized spacial score (nSPS) is 20.7. The molecule has 3 unspecified atom stereocenters. The van der Waals surface area contributed by atoms with E-state index in [1.165, 1.54) is 0 Å². The van der Waals surface area contributed by atoms with Gasteiger partial charge in [0.1, 0.15) is 35.7 Å². The molecule has 0 aromatic heterocycles. The van der Waals surface area contributed by atoms with E-state index >= 15 is 0 Å². The number of fused-ring (bicyclic) bond motifs is 4. The molecule has 0 radical (unpaired) electrons. The number of nitrogens with zero attached hydrogens (tertiary/aromatic N) is 2. The summed E-state index contributed by atoms with van der Waals surface area (Å²) in [5, 5.41) is 8.03.